The van der Waals surface area contributed by atoms with Crippen LogP contribution in [0.1, 0.15) is 10.5 Å². The molecule has 13 heavy (non-hydrogen) atoms. The normalized spacial score (nSPS) is 8.77. The molecule has 0 unspecified atom stereocenters. The Morgan fingerprint density at radius 1 is 1.54 bits per heavy atom. The standard InChI is InChI=1S/C7H10N2O3.ClH/c1-11-4-3-9-6(5(4)8)7(10)12-2;/h3,9H,8H2,1-2H3;1H. The first-order chi connectivity index (χ1) is 5.70. The van der Waals surface area contributed by atoms with E-state index < -0.39 is 5.97 Å². The van der Waals surface area contributed by atoms with E-state index in [2.05, 4.69) is 9.72 Å². The van der Waals surface area contributed by atoms with Gasteiger partial charge in [0.2, 0.25) is 0 Å². The molecule has 0 saturated heterocycles. The molecule has 0 bridgehead atoms. The smallest absolute Gasteiger partial charge is 0.356 e. The second-order valence-electron chi connectivity index (χ2n) is 2.14. The number of aromatic nitrogens is 1. The van der Waals surface area contributed by atoms with Crippen molar-refractivity contribution in [2.24, 2.45) is 0 Å². The fraction of sp³-hybridized carbons (Fsp3) is 0.286. The van der Waals surface area contributed by atoms with Gasteiger partial charge in [0.15, 0.2) is 11.4 Å². The average molecular weight is 207 g/mol. The summed E-state index contributed by atoms with van der Waals surface area (Å²) in [6, 6.07) is 0. The number of halogens is 1. The quantitative estimate of drug-likeness (QED) is 0.703. The molecule has 1 aromatic heterocycles. The van der Waals surface area contributed by atoms with Crippen LogP contribution in [0, 0.1) is 0 Å². The molecule has 0 aliphatic rings. The summed E-state index contributed by atoms with van der Waals surface area (Å²) in [6.45, 7) is 0. The van der Waals surface area contributed by atoms with Gasteiger partial charge in [-0.05, 0) is 0 Å². The predicted octanol–water partition coefficient (Wildman–Crippen LogP) is 0.814. The number of carbonyl (C=O) groups is 1. The van der Waals surface area contributed by atoms with Crippen molar-refractivity contribution >= 4 is 24.1 Å². The number of anilines is 1. The third-order valence-corrected chi connectivity index (χ3v) is 1.49. The van der Waals surface area contributed by atoms with Crippen molar-refractivity contribution in [1.82, 2.24) is 4.98 Å². The van der Waals surface area contributed by atoms with Crippen LogP contribution in [-0.2, 0) is 4.74 Å². The van der Waals surface area contributed by atoms with E-state index >= 15 is 0 Å². The van der Waals surface area contributed by atoms with Gasteiger partial charge in [-0.3, -0.25) is 0 Å². The molecule has 0 spiro atoms. The van der Waals surface area contributed by atoms with Gasteiger partial charge in [0, 0.05) is 6.20 Å². The second-order valence-corrected chi connectivity index (χ2v) is 2.14. The number of nitrogens with two attached hydrogens (primary N) is 1. The molecule has 0 aromatic carbocycles. The molecule has 74 valence electrons. The van der Waals surface area contributed by atoms with Crippen LogP contribution >= 0.6 is 12.4 Å². The molecule has 0 saturated carbocycles. The van der Waals surface area contributed by atoms with E-state index in [0.29, 0.717) is 5.75 Å². The Morgan fingerprint density at radius 3 is 2.54 bits per heavy atom. The summed E-state index contributed by atoms with van der Waals surface area (Å²) in [5, 5.41) is 0. The highest BCUT2D eigenvalue weighted by atomic mass is 35.5. The summed E-state index contributed by atoms with van der Waals surface area (Å²) in [6.07, 6.45) is 1.50. The highest BCUT2D eigenvalue weighted by Crippen LogP contribution is 2.24. The molecule has 0 fully saturated rings. The Bertz CT molecular complexity index is 298. The molecule has 6 heteroatoms. The van der Waals surface area contributed by atoms with Crippen LogP contribution in [0.4, 0.5) is 5.69 Å². The van der Waals surface area contributed by atoms with E-state index in [0.717, 1.165) is 0 Å². The van der Waals surface area contributed by atoms with Gasteiger partial charge in [0.25, 0.3) is 0 Å². The van der Waals surface area contributed by atoms with Crippen molar-refractivity contribution in [1.29, 1.82) is 0 Å². The largest absolute Gasteiger partial charge is 0.493 e. The Hall–Kier alpha value is -1.36. The monoisotopic (exact) mass is 206 g/mol. The summed E-state index contributed by atoms with van der Waals surface area (Å²) in [5.74, 6) is -0.0637. The number of carbonyl (C=O) groups excluding carboxylic acids is 1. The van der Waals surface area contributed by atoms with Gasteiger partial charge in [-0.15, -0.1) is 12.4 Å². The first-order valence-corrected chi connectivity index (χ1v) is 3.29. The molecule has 0 aliphatic carbocycles. The molecule has 5 nitrogen and oxygen atoms in total. The van der Waals surface area contributed by atoms with Crippen LogP contribution in [0.2, 0.25) is 0 Å². The lowest BCUT2D eigenvalue weighted by Gasteiger charge is -1.98. The van der Waals surface area contributed by atoms with E-state index in [4.69, 9.17) is 10.5 Å². The number of nitrogen functional groups attached to an aromatic ring is 1. The second kappa shape index (κ2) is 4.61. The average Bonchev–Trinajstić information content (AvgIpc) is 2.45. The topological polar surface area (TPSA) is 77.3 Å². The zero-order chi connectivity index (χ0) is 9.14. The lowest BCUT2D eigenvalue weighted by atomic mass is 10.3. The molecular weight excluding hydrogens is 196 g/mol. The molecule has 0 amide bonds. The Kier molecular flexibility index (Phi) is 4.13. The highest BCUT2D eigenvalue weighted by Gasteiger charge is 2.15. The van der Waals surface area contributed by atoms with E-state index in [1.54, 1.807) is 0 Å². The maximum Gasteiger partial charge on any atom is 0.356 e. The van der Waals surface area contributed by atoms with Gasteiger partial charge in [-0.1, -0.05) is 0 Å². The number of hydrogen-bond acceptors (Lipinski definition) is 4. The zero-order valence-corrected chi connectivity index (χ0v) is 8.10. The van der Waals surface area contributed by atoms with Crippen LogP contribution in [0.3, 0.4) is 0 Å². The van der Waals surface area contributed by atoms with E-state index in [1.165, 1.54) is 20.4 Å². The lowest BCUT2D eigenvalue weighted by molar-refractivity contribution is 0.0596. The first kappa shape index (κ1) is 11.6. The lowest BCUT2D eigenvalue weighted by Crippen LogP contribution is -2.04. The summed E-state index contributed by atoms with van der Waals surface area (Å²) >= 11 is 0. The summed E-state index contributed by atoms with van der Waals surface area (Å²) in [4.78, 5) is 13.6. The van der Waals surface area contributed by atoms with Crippen molar-refractivity contribution in [3.63, 3.8) is 0 Å². The minimum Gasteiger partial charge on any atom is -0.493 e. The summed E-state index contributed by atoms with van der Waals surface area (Å²) in [5.41, 5.74) is 6.02. The molecule has 3 N–H and O–H groups in total. The van der Waals surface area contributed by atoms with Gasteiger partial charge in [-0.25, -0.2) is 4.79 Å². The number of ether oxygens (including phenoxy) is 2. The minimum absolute atomic E-state index is 0. The van der Waals surface area contributed by atoms with E-state index in [-0.39, 0.29) is 23.8 Å². The van der Waals surface area contributed by atoms with Crippen molar-refractivity contribution in [2.45, 2.75) is 0 Å². The first-order valence-electron chi connectivity index (χ1n) is 3.29. The Morgan fingerprint density at radius 2 is 2.15 bits per heavy atom. The van der Waals surface area contributed by atoms with Gasteiger partial charge in [0.1, 0.15) is 5.69 Å². The number of esters is 1. The van der Waals surface area contributed by atoms with Gasteiger partial charge in [-0.2, -0.15) is 0 Å². The van der Waals surface area contributed by atoms with Crippen LogP contribution in [-0.4, -0.2) is 25.2 Å². The Balaban J connectivity index is 0.00000144. The molecule has 1 aromatic rings. The van der Waals surface area contributed by atoms with Crippen LogP contribution in [0.5, 0.6) is 5.75 Å². The van der Waals surface area contributed by atoms with Crippen molar-refractivity contribution < 1.29 is 14.3 Å². The van der Waals surface area contributed by atoms with Crippen LogP contribution in [0.25, 0.3) is 0 Å². The number of methoxy groups -OCH3 is 2. The number of aromatic amines is 1. The fourth-order valence-electron chi connectivity index (χ4n) is 0.856. The number of rotatable bonds is 2. The summed E-state index contributed by atoms with van der Waals surface area (Å²) < 4.78 is 9.33. The van der Waals surface area contributed by atoms with Crippen LogP contribution < -0.4 is 10.5 Å². The van der Waals surface area contributed by atoms with Crippen molar-refractivity contribution in [3.05, 3.63) is 11.9 Å². The van der Waals surface area contributed by atoms with Gasteiger partial charge >= 0.3 is 5.97 Å². The van der Waals surface area contributed by atoms with Crippen molar-refractivity contribution in [2.75, 3.05) is 20.0 Å². The SMILES string of the molecule is COC(=O)c1[nH]cc(OC)c1N.Cl. The van der Waals surface area contributed by atoms with Gasteiger partial charge in [0.05, 0.1) is 14.2 Å². The highest BCUT2D eigenvalue weighted by molar-refractivity contribution is 5.94. The number of H-pyrrole nitrogens is 1. The Labute approximate surface area is 81.6 Å². The molecule has 0 radical (unpaired) electrons. The third kappa shape index (κ3) is 2.06. The number of nitrogens with one attached hydrogen (secondary N) is 1. The maximum atomic E-state index is 11.0. The summed E-state index contributed by atoms with van der Waals surface area (Å²) in [7, 11) is 2.76. The van der Waals surface area contributed by atoms with Crippen LogP contribution in [0.15, 0.2) is 6.20 Å². The van der Waals surface area contributed by atoms with E-state index in [1.807, 2.05) is 0 Å². The molecular formula is C7H11ClN2O3. The predicted molar refractivity (Wildman–Crippen MR) is 50.3 cm³/mol. The third-order valence-electron chi connectivity index (χ3n) is 1.49. The molecule has 1 heterocycles. The van der Waals surface area contributed by atoms with E-state index in [9.17, 15) is 4.79 Å². The van der Waals surface area contributed by atoms with Gasteiger partial charge < -0.3 is 20.2 Å². The maximum absolute atomic E-state index is 11.0. The number of hydrogen-bond donors (Lipinski definition) is 2. The zero-order valence-electron chi connectivity index (χ0n) is 7.29. The molecule has 0 atom stereocenters. The minimum atomic E-state index is -0.504. The van der Waals surface area contributed by atoms with Crippen molar-refractivity contribution in [3.8, 4) is 5.75 Å². The molecule has 1 rings (SSSR count). The molecule has 0 aliphatic heterocycles. The fourth-order valence-corrected chi connectivity index (χ4v) is 0.856.